The molecule has 0 aromatic carbocycles. The van der Waals surface area contributed by atoms with Crippen LogP contribution >= 0.6 is 0 Å². The molecule has 3 atom stereocenters. The van der Waals surface area contributed by atoms with Crippen molar-refractivity contribution in [2.75, 3.05) is 0 Å². The smallest absolute Gasteiger partial charge is 0.192 e. The first-order chi connectivity index (χ1) is 9.60. The number of allylic oxidation sites excluding steroid dienone is 1. The number of carbonyl (C=O) groups is 1. The average Bonchev–Trinajstić information content (AvgIpc) is 2.69. The molecule has 0 aromatic rings. The molecule has 0 saturated carbocycles. The molecule has 3 nitrogen and oxygen atoms in total. The number of ketones is 1. The fourth-order valence-corrected chi connectivity index (χ4v) is 4.17. The first-order valence-electron chi connectivity index (χ1n) is 8.12. The SMILES string of the molecule is C/C1=C/CC[C@H](O[Si](C)(C)C(C)(C)C)[C@H]2CC(=O)[C@@H](C1)O2. The van der Waals surface area contributed by atoms with Gasteiger partial charge in [0, 0.05) is 12.8 Å². The summed E-state index contributed by atoms with van der Waals surface area (Å²) in [5, 5.41) is 0.180. The van der Waals surface area contributed by atoms with E-state index in [-0.39, 0.29) is 29.1 Å². The number of Topliss-reactive ketones (excluding diaryl/α,β-unsaturated/α-hetero) is 1. The molecule has 2 aliphatic heterocycles. The zero-order chi connectivity index (χ0) is 15.8. The van der Waals surface area contributed by atoms with E-state index in [1.165, 1.54) is 5.57 Å². The maximum Gasteiger partial charge on any atom is 0.192 e. The van der Waals surface area contributed by atoms with Gasteiger partial charge in [0.15, 0.2) is 14.1 Å². The lowest BCUT2D eigenvalue weighted by Gasteiger charge is -2.40. The first-order valence-corrected chi connectivity index (χ1v) is 11.0. The molecule has 21 heavy (non-hydrogen) atoms. The van der Waals surface area contributed by atoms with Crippen LogP contribution in [0.1, 0.15) is 53.4 Å². The summed E-state index contributed by atoms with van der Waals surface area (Å²) in [6, 6.07) is 0. The Hall–Kier alpha value is -0.453. The molecule has 2 bridgehead atoms. The number of hydrogen-bond donors (Lipinski definition) is 0. The van der Waals surface area contributed by atoms with Gasteiger partial charge in [0.2, 0.25) is 0 Å². The highest BCUT2D eigenvalue weighted by atomic mass is 28.4. The molecule has 1 saturated heterocycles. The van der Waals surface area contributed by atoms with Gasteiger partial charge in [-0.25, -0.2) is 0 Å². The van der Waals surface area contributed by atoms with Crippen LogP contribution in [-0.4, -0.2) is 32.4 Å². The van der Waals surface area contributed by atoms with Crippen LogP contribution in [0.15, 0.2) is 11.6 Å². The Balaban J connectivity index is 2.17. The van der Waals surface area contributed by atoms with Crippen LogP contribution in [0.3, 0.4) is 0 Å². The highest BCUT2D eigenvalue weighted by molar-refractivity contribution is 6.74. The summed E-state index contributed by atoms with van der Waals surface area (Å²) in [5.74, 6) is 0.249. The average molecular weight is 311 g/mol. The van der Waals surface area contributed by atoms with E-state index >= 15 is 0 Å². The van der Waals surface area contributed by atoms with Gasteiger partial charge in [0.05, 0.1) is 12.2 Å². The predicted octanol–water partition coefficient (Wildman–Crippen LogP) is 4.23. The number of fused-ring (bicyclic) bond motifs is 2. The van der Waals surface area contributed by atoms with Crippen molar-refractivity contribution in [3.8, 4) is 0 Å². The zero-order valence-corrected chi connectivity index (χ0v) is 15.4. The van der Waals surface area contributed by atoms with Gasteiger partial charge in [-0.05, 0) is 37.9 Å². The molecule has 0 N–H and O–H groups in total. The fraction of sp³-hybridized carbons (Fsp3) is 0.824. The Labute approximate surface area is 130 Å². The minimum absolute atomic E-state index is 0.0454. The molecule has 0 unspecified atom stereocenters. The van der Waals surface area contributed by atoms with Gasteiger partial charge >= 0.3 is 0 Å². The van der Waals surface area contributed by atoms with Crippen LogP contribution in [0.5, 0.6) is 0 Å². The lowest BCUT2D eigenvalue weighted by atomic mass is 9.99. The molecule has 1 fully saturated rings. The summed E-state index contributed by atoms with van der Waals surface area (Å²) in [5.41, 5.74) is 1.27. The van der Waals surface area contributed by atoms with Crippen molar-refractivity contribution < 1.29 is 14.0 Å². The summed E-state index contributed by atoms with van der Waals surface area (Å²) in [6.07, 6.45) is 5.27. The van der Waals surface area contributed by atoms with Crippen molar-refractivity contribution in [3.63, 3.8) is 0 Å². The molecule has 0 spiro atoms. The summed E-state index contributed by atoms with van der Waals surface area (Å²) < 4.78 is 12.6. The van der Waals surface area contributed by atoms with E-state index in [1.54, 1.807) is 0 Å². The molecule has 0 aliphatic carbocycles. The minimum atomic E-state index is -1.84. The second kappa shape index (κ2) is 5.97. The second-order valence-electron chi connectivity index (χ2n) is 8.08. The predicted molar refractivity (Wildman–Crippen MR) is 88.0 cm³/mol. The maximum absolute atomic E-state index is 12.1. The van der Waals surface area contributed by atoms with Crippen molar-refractivity contribution in [1.29, 1.82) is 0 Å². The zero-order valence-electron chi connectivity index (χ0n) is 14.4. The molecule has 2 heterocycles. The van der Waals surface area contributed by atoms with E-state index < -0.39 is 8.32 Å². The van der Waals surface area contributed by atoms with Crippen LogP contribution < -0.4 is 0 Å². The van der Waals surface area contributed by atoms with E-state index in [0.717, 1.165) is 19.3 Å². The van der Waals surface area contributed by atoms with Crippen molar-refractivity contribution in [1.82, 2.24) is 0 Å². The van der Waals surface area contributed by atoms with E-state index in [2.05, 4.69) is 46.9 Å². The van der Waals surface area contributed by atoms with E-state index in [9.17, 15) is 4.79 Å². The maximum atomic E-state index is 12.1. The van der Waals surface area contributed by atoms with Crippen molar-refractivity contribution in [2.24, 2.45) is 0 Å². The third-order valence-corrected chi connectivity index (χ3v) is 9.72. The van der Waals surface area contributed by atoms with Gasteiger partial charge < -0.3 is 9.16 Å². The first kappa shape index (κ1) is 16.9. The summed E-state index contributed by atoms with van der Waals surface area (Å²) in [4.78, 5) is 12.1. The summed E-state index contributed by atoms with van der Waals surface area (Å²) in [6.45, 7) is 13.4. The largest absolute Gasteiger partial charge is 0.411 e. The Bertz CT molecular complexity index is 434. The Morgan fingerprint density at radius 2 is 1.95 bits per heavy atom. The van der Waals surface area contributed by atoms with E-state index in [0.29, 0.717) is 6.42 Å². The van der Waals surface area contributed by atoms with Gasteiger partial charge in [-0.15, -0.1) is 0 Å². The highest BCUT2D eigenvalue weighted by Gasteiger charge is 2.44. The van der Waals surface area contributed by atoms with Crippen molar-refractivity contribution in [3.05, 3.63) is 11.6 Å². The van der Waals surface area contributed by atoms with Crippen LogP contribution in [0.2, 0.25) is 18.1 Å². The molecule has 0 amide bonds. The van der Waals surface area contributed by atoms with Crippen molar-refractivity contribution >= 4 is 14.1 Å². The Morgan fingerprint density at radius 3 is 2.57 bits per heavy atom. The van der Waals surface area contributed by atoms with Gasteiger partial charge in [-0.1, -0.05) is 32.4 Å². The molecule has 0 radical (unpaired) electrons. The number of ether oxygens (including phenoxy) is 1. The van der Waals surface area contributed by atoms with E-state index in [4.69, 9.17) is 9.16 Å². The second-order valence-corrected chi connectivity index (χ2v) is 12.8. The third-order valence-electron chi connectivity index (χ3n) is 5.22. The lowest BCUT2D eigenvalue weighted by Crippen LogP contribution is -2.47. The minimum Gasteiger partial charge on any atom is -0.411 e. The van der Waals surface area contributed by atoms with Gasteiger partial charge in [-0.3, -0.25) is 4.79 Å². The number of rotatable bonds is 2. The van der Waals surface area contributed by atoms with Crippen LogP contribution in [0.4, 0.5) is 0 Å². The Kier molecular flexibility index (Phi) is 4.81. The van der Waals surface area contributed by atoms with Crippen LogP contribution in [0.25, 0.3) is 0 Å². The lowest BCUT2D eigenvalue weighted by molar-refractivity contribution is -0.122. The van der Waals surface area contributed by atoms with Crippen LogP contribution in [0, 0.1) is 0 Å². The molecular weight excluding hydrogens is 280 g/mol. The molecule has 0 aromatic heterocycles. The standard InChI is InChI=1S/C17H30O3Si/c1-12-8-7-9-14(20-21(5,6)17(2,3)4)16-11-13(18)15(10-12)19-16/h8,14-16H,7,9-11H2,1-6H3/b12-8-/t14-,15+,16+/m0/s1. The molecule has 2 aliphatic rings. The topological polar surface area (TPSA) is 35.5 Å². The van der Waals surface area contributed by atoms with Crippen LogP contribution in [-0.2, 0) is 14.0 Å². The number of carbonyl (C=O) groups excluding carboxylic acids is 1. The summed E-state index contributed by atoms with van der Waals surface area (Å²) in [7, 11) is -1.84. The molecule has 2 rings (SSSR count). The quantitative estimate of drug-likeness (QED) is 0.565. The normalized spacial score (nSPS) is 33.9. The monoisotopic (exact) mass is 310 g/mol. The molecule has 120 valence electrons. The molecule has 4 heteroatoms. The Morgan fingerprint density at radius 1 is 1.29 bits per heavy atom. The summed E-state index contributed by atoms with van der Waals surface area (Å²) >= 11 is 0. The van der Waals surface area contributed by atoms with E-state index in [1.807, 2.05) is 0 Å². The molecular formula is C17H30O3Si. The van der Waals surface area contributed by atoms with Gasteiger partial charge in [0.1, 0.15) is 6.10 Å². The van der Waals surface area contributed by atoms with Gasteiger partial charge in [0.25, 0.3) is 0 Å². The highest BCUT2D eigenvalue weighted by Crippen LogP contribution is 2.39. The number of hydrogen-bond acceptors (Lipinski definition) is 3. The fourth-order valence-electron chi connectivity index (χ4n) is 2.79. The third kappa shape index (κ3) is 3.85. The van der Waals surface area contributed by atoms with Gasteiger partial charge in [-0.2, -0.15) is 0 Å². The van der Waals surface area contributed by atoms with Crippen molar-refractivity contribution in [2.45, 2.75) is 89.8 Å².